The first-order valence-corrected chi connectivity index (χ1v) is 8.92. The molecule has 3 heteroatoms. The van der Waals surface area contributed by atoms with Crippen LogP contribution in [0.25, 0.3) is 0 Å². The van der Waals surface area contributed by atoms with Gasteiger partial charge in [0.1, 0.15) is 0 Å². The Morgan fingerprint density at radius 1 is 1.14 bits per heavy atom. The van der Waals surface area contributed by atoms with E-state index >= 15 is 0 Å². The molecule has 0 bridgehead atoms. The molecule has 1 aliphatic rings. The Hall–Kier alpha value is -1.06. The summed E-state index contributed by atoms with van der Waals surface area (Å²) in [6, 6.07) is 8.92. The molecule has 0 aromatic heterocycles. The maximum Gasteiger partial charge on any atom is 0.0596 e. The van der Waals surface area contributed by atoms with E-state index in [-0.39, 0.29) is 6.10 Å². The van der Waals surface area contributed by atoms with Crippen LogP contribution in [0.5, 0.6) is 0 Å². The highest BCUT2D eigenvalue weighted by Crippen LogP contribution is 2.23. The third-order valence-electron chi connectivity index (χ3n) is 4.88. The lowest BCUT2D eigenvalue weighted by Gasteiger charge is -2.36. The molecule has 1 aromatic rings. The van der Waals surface area contributed by atoms with Gasteiger partial charge in [-0.1, -0.05) is 19.1 Å². The average molecular weight is 304 g/mol. The quantitative estimate of drug-likeness (QED) is 0.838. The van der Waals surface area contributed by atoms with E-state index in [1.807, 2.05) is 0 Å². The minimum atomic E-state index is -0.143. The number of rotatable bonds is 7. The van der Waals surface area contributed by atoms with Crippen molar-refractivity contribution in [3.63, 3.8) is 0 Å². The maximum absolute atomic E-state index is 10.3. The van der Waals surface area contributed by atoms with Crippen LogP contribution in [0.3, 0.4) is 0 Å². The second-order valence-electron chi connectivity index (χ2n) is 6.46. The molecule has 0 saturated carbocycles. The fourth-order valence-corrected chi connectivity index (χ4v) is 3.55. The van der Waals surface area contributed by atoms with Crippen LogP contribution in [-0.2, 0) is 6.42 Å². The van der Waals surface area contributed by atoms with Crippen molar-refractivity contribution < 1.29 is 5.11 Å². The summed E-state index contributed by atoms with van der Waals surface area (Å²) in [4.78, 5) is 4.86. The Morgan fingerprint density at radius 2 is 1.82 bits per heavy atom. The van der Waals surface area contributed by atoms with E-state index < -0.39 is 0 Å². The zero-order valence-electron chi connectivity index (χ0n) is 14.5. The van der Waals surface area contributed by atoms with Gasteiger partial charge in [-0.2, -0.15) is 0 Å². The summed E-state index contributed by atoms with van der Waals surface area (Å²) in [5.74, 6) is 0.375. The van der Waals surface area contributed by atoms with Crippen molar-refractivity contribution >= 4 is 5.69 Å². The van der Waals surface area contributed by atoms with Crippen molar-refractivity contribution in [2.45, 2.75) is 46.1 Å². The Labute approximate surface area is 135 Å². The molecule has 1 fully saturated rings. The molecule has 0 radical (unpaired) electrons. The lowest BCUT2D eigenvalue weighted by Crippen LogP contribution is -2.44. The zero-order valence-corrected chi connectivity index (χ0v) is 14.5. The number of aliphatic hydroxyl groups is 1. The van der Waals surface area contributed by atoms with Gasteiger partial charge in [-0.05, 0) is 57.4 Å². The first-order chi connectivity index (χ1) is 10.7. The summed E-state index contributed by atoms with van der Waals surface area (Å²) < 4.78 is 0. The molecule has 124 valence electrons. The molecule has 1 saturated heterocycles. The second kappa shape index (κ2) is 8.54. The van der Waals surface area contributed by atoms with Crippen LogP contribution in [-0.4, -0.2) is 48.8 Å². The number of piperidine rings is 1. The Bertz CT molecular complexity index is 428. The highest BCUT2D eigenvalue weighted by Gasteiger charge is 2.27. The topological polar surface area (TPSA) is 26.7 Å². The molecule has 1 aromatic carbocycles. The molecule has 0 aliphatic carbocycles. The molecule has 3 nitrogen and oxygen atoms in total. The third kappa shape index (κ3) is 4.47. The van der Waals surface area contributed by atoms with E-state index in [4.69, 9.17) is 0 Å². The van der Waals surface area contributed by atoms with E-state index in [9.17, 15) is 5.11 Å². The normalized spacial score (nSPS) is 22.7. The van der Waals surface area contributed by atoms with Crippen LogP contribution in [0.2, 0.25) is 0 Å². The Kier molecular flexibility index (Phi) is 6.71. The van der Waals surface area contributed by atoms with Crippen molar-refractivity contribution in [2.75, 3.05) is 37.6 Å². The van der Waals surface area contributed by atoms with E-state index in [0.717, 1.165) is 45.6 Å². The van der Waals surface area contributed by atoms with Crippen molar-refractivity contribution in [2.24, 2.45) is 5.92 Å². The van der Waals surface area contributed by atoms with E-state index in [1.165, 1.54) is 17.7 Å². The molecule has 2 atom stereocenters. The third-order valence-corrected chi connectivity index (χ3v) is 4.88. The minimum Gasteiger partial charge on any atom is -0.393 e. The van der Waals surface area contributed by atoms with E-state index in [2.05, 4.69) is 54.8 Å². The number of likely N-dealkylation sites (tertiary alicyclic amines) is 1. The van der Waals surface area contributed by atoms with Gasteiger partial charge < -0.3 is 14.9 Å². The van der Waals surface area contributed by atoms with Crippen LogP contribution >= 0.6 is 0 Å². The minimum absolute atomic E-state index is 0.143. The SMILES string of the molecule is CCCN1CCC(O)C(Cc2ccc(N(CC)CC)cc2)C1. The van der Waals surface area contributed by atoms with Crippen LogP contribution in [0.4, 0.5) is 5.69 Å². The molecule has 1 N–H and O–H groups in total. The van der Waals surface area contributed by atoms with Crippen LogP contribution in [0, 0.1) is 5.92 Å². The molecule has 1 aliphatic heterocycles. The summed E-state index contributed by atoms with van der Waals surface area (Å²) in [6.45, 7) is 11.9. The van der Waals surface area contributed by atoms with Crippen LogP contribution in [0.15, 0.2) is 24.3 Å². The van der Waals surface area contributed by atoms with Crippen molar-refractivity contribution in [1.82, 2.24) is 4.90 Å². The summed E-state index contributed by atoms with van der Waals surface area (Å²) in [6.07, 6.45) is 2.96. The molecule has 2 rings (SSSR count). The Morgan fingerprint density at radius 3 is 2.41 bits per heavy atom. The zero-order chi connectivity index (χ0) is 15.9. The van der Waals surface area contributed by atoms with Gasteiger partial charge in [0.25, 0.3) is 0 Å². The molecule has 1 heterocycles. The number of benzene rings is 1. The van der Waals surface area contributed by atoms with Crippen LogP contribution < -0.4 is 4.90 Å². The summed E-state index contributed by atoms with van der Waals surface area (Å²) >= 11 is 0. The first kappa shape index (κ1) is 17.3. The number of hydrogen-bond donors (Lipinski definition) is 1. The predicted octanol–water partition coefficient (Wildman–Crippen LogP) is 3.17. The second-order valence-corrected chi connectivity index (χ2v) is 6.46. The van der Waals surface area contributed by atoms with Gasteiger partial charge in [0, 0.05) is 37.8 Å². The predicted molar refractivity (Wildman–Crippen MR) is 94.6 cm³/mol. The fraction of sp³-hybridized carbons (Fsp3) is 0.684. The lowest BCUT2D eigenvalue weighted by molar-refractivity contribution is 0.0270. The number of anilines is 1. The first-order valence-electron chi connectivity index (χ1n) is 8.92. The molecular weight excluding hydrogens is 272 g/mol. The Balaban J connectivity index is 1.97. The lowest BCUT2D eigenvalue weighted by atomic mass is 9.88. The van der Waals surface area contributed by atoms with Crippen molar-refractivity contribution in [1.29, 1.82) is 0 Å². The average Bonchev–Trinajstić information content (AvgIpc) is 2.53. The monoisotopic (exact) mass is 304 g/mol. The summed E-state index contributed by atoms with van der Waals surface area (Å²) in [7, 11) is 0. The van der Waals surface area contributed by atoms with Crippen molar-refractivity contribution in [3.8, 4) is 0 Å². The molecule has 22 heavy (non-hydrogen) atoms. The van der Waals surface area contributed by atoms with Gasteiger partial charge in [0.2, 0.25) is 0 Å². The molecule has 2 unspecified atom stereocenters. The highest BCUT2D eigenvalue weighted by molar-refractivity contribution is 5.47. The summed E-state index contributed by atoms with van der Waals surface area (Å²) in [5, 5.41) is 10.3. The fourth-order valence-electron chi connectivity index (χ4n) is 3.55. The standard InChI is InChI=1S/C19H32N2O/c1-4-12-20-13-11-19(22)17(15-20)14-16-7-9-18(10-8-16)21(5-2)6-3/h7-10,17,19,22H,4-6,11-15H2,1-3H3. The van der Waals surface area contributed by atoms with Crippen molar-refractivity contribution in [3.05, 3.63) is 29.8 Å². The summed E-state index contributed by atoms with van der Waals surface area (Å²) in [5.41, 5.74) is 2.64. The maximum atomic E-state index is 10.3. The van der Waals surface area contributed by atoms with E-state index in [1.54, 1.807) is 0 Å². The molecule has 0 spiro atoms. The van der Waals surface area contributed by atoms with E-state index in [0.29, 0.717) is 5.92 Å². The highest BCUT2D eigenvalue weighted by atomic mass is 16.3. The smallest absolute Gasteiger partial charge is 0.0596 e. The number of aliphatic hydroxyl groups excluding tert-OH is 1. The van der Waals surface area contributed by atoms with Gasteiger partial charge in [-0.3, -0.25) is 0 Å². The van der Waals surface area contributed by atoms with Gasteiger partial charge >= 0.3 is 0 Å². The van der Waals surface area contributed by atoms with Gasteiger partial charge in [-0.15, -0.1) is 0 Å². The molecular formula is C19H32N2O. The van der Waals surface area contributed by atoms with Gasteiger partial charge in [0.15, 0.2) is 0 Å². The largest absolute Gasteiger partial charge is 0.393 e. The number of hydrogen-bond acceptors (Lipinski definition) is 3. The number of nitrogens with zero attached hydrogens (tertiary/aromatic N) is 2. The van der Waals surface area contributed by atoms with Crippen LogP contribution in [0.1, 0.15) is 39.2 Å². The molecule has 0 amide bonds. The van der Waals surface area contributed by atoms with Gasteiger partial charge in [0.05, 0.1) is 6.10 Å². The van der Waals surface area contributed by atoms with Gasteiger partial charge in [-0.25, -0.2) is 0 Å².